The summed E-state index contributed by atoms with van der Waals surface area (Å²) in [5, 5.41) is 26.3. The van der Waals surface area contributed by atoms with Crippen LogP contribution in [0.1, 0.15) is 0 Å². The van der Waals surface area contributed by atoms with Crippen LogP contribution in [0.2, 0.25) is 0 Å². The van der Waals surface area contributed by atoms with Crippen LogP contribution in [0.3, 0.4) is 0 Å². The van der Waals surface area contributed by atoms with E-state index < -0.39 is 23.9 Å². The van der Waals surface area contributed by atoms with Gasteiger partial charge in [0.15, 0.2) is 0 Å². The smallest absolute Gasteiger partial charge is 0.354 e. The van der Waals surface area contributed by atoms with Crippen molar-refractivity contribution >= 4 is 5.97 Å². The van der Waals surface area contributed by atoms with Gasteiger partial charge in [0.2, 0.25) is 5.72 Å². The summed E-state index contributed by atoms with van der Waals surface area (Å²) >= 11 is 0. The zero-order chi connectivity index (χ0) is 8.65. The van der Waals surface area contributed by atoms with Gasteiger partial charge in [-0.1, -0.05) is 0 Å². The topological polar surface area (TPSA) is 113 Å². The molecule has 2 unspecified atom stereocenters. The van der Waals surface area contributed by atoms with Gasteiger partial charge in [-0.15, -0.1) is 0 Å². The number of hydrogen-bond acceptors (Lipinski definition) is 5. The van der Waals surface area contributed by atoms with E-state index in [9.17, 15) is 4.79 Å². The highest BCUT2D eigenvalue weighted by atomic mass is 16.6. The molecule has 5 N–H and O–H groups in total. The van der Waals surface area contributed by atoms with Crippen LogP contribution in [0.15, 0.2) is 0 Å². The van der Waals surface area contributed by atoms with Gasteiger partial charge in [0.1, 0.15) is 12.2 Å². The molecule has 1 aliphatic rings. The second-order valence-electron chi connectivity index (χ2n) is 2.42. The van der Waals surface area contributed by atoms with E-state index >= 15 is 0 Å². The molecule has 0 bridgehead atoms. The summed E-state index contributed by atoms with van der Waals surface area (Å²) in [6.45, 7) is -0.260. The molecule has 1 fully saturated rings. The molecule has 1 heterocycles. The zero-order valence-corrected chi connectivity index (χ0v) is 5.60. The predicted octanol–water partition coefficient (Wildman–Crippen LogP) is -2.52. The number of carbonyl (C=O) groups is 1. The highest BCUT2D eigenvalue weighted by molar-refractivity contribution is 5.78. The lowest BCUT2D eigenvalue weighted by Gasteiger charge is -2.21. The third kappa shape index (κ3) is 1.10. The molecule has 1 aliphatic heterocycles. The normalized spacial score (nSPS) is 44.3. The molecule has 1 saturated heterocycles. The van der Waals surface area contributed by atoms with Gasteiger partial charge in [-0.25, -0.2) is 4.79 Å². The standard InChI is InChI=1S/C5H9NO5/c6-5(4(9)10)3(8)2(7)1-11-5/h2-3,7-8H,1,6H2,(H,9,10)/t2?,3?,5-/m1/s1. The summed E-state index contributed by atoms with van der Waals surface area (Å²) in [6.07, 6.45) is -2.80. The molecule has 0 aliphatic carbocycles. The van der Waals surface area contributed by atoms with Crippen LogP contribution in [-0.4, -0.2) is 45.8 Å². The Hall–Kier alpha value is -0.690. The summed E-state index contributed by atoms with van der Waals surface area (Å²) in [5.41, 5.74) is 2.95. The van der Waals surface area contributed by atoms with Crippen molar-refractivity contribution in [3.8, 4) is 0 Å². The van der Waals surface area contributed by atoms with Crippen molar-refractivity contribution in [2.24, 2.45) is 5.73 Å². The molecular weight excluding hydrogens is 154 g/mol. The third-order valence-electron chi connectivity index (χ3n) is 1.63. The van der Waals surface area contributed by atoms with Gasteiger partial charge in [-0.3, -0.25) is 5.73 Å². The fourth-order valence-electron chi connectivity index (χ4n) is 0.874. The van der Waals surface area contributed by atoms with Crippen molar-refractivity contribution in [1.82, 2.24) is 0 Å². The summed E-state index contributed by atoms with van der Waals surface area (Å²) in [6, 6.07) is 0. The molecule has 0 aromatic carbocycles. The Morgan fingerprint density at radius 2 is 2.18 bits per heavy atom. The minimum Gasteiger partial charge on any atom is -0.478 e. The third-order valence-corrected chi connectivity index (χ3v) is 1.63. The largest absolute Gasteiger partial charge is 0.478 e. The quantitative estimate of drug-likeness (QED) is 0.339. The summed E-state index contributed by atoms with van der Waals surface area (Å²) < 4.78 is 4.50. The molecule has 0 spiro atoms. The number of aliphatic hydroxyl groups excluding tert-OH is 2. The number of carboxylic acids is 1. The highest BCUT2D eigenvalue weighted by Crippen LogP contribution is 2.21. The first kappa shape index (κ1) is 8.41. The Kier molecular flexibility index (Phi) is 1.85. The Bertz CT molecular complexity index is 184. The SMILES string of the molecule is N[C@@]1(C(=O)O)OCC(O)C1O. The van der Waals surface area contributed by atoms with E-state index in [0.717, 1.165) is 0 Å². The number of nitrogens with two attached hydrogens (primary N) is 1. The van der Waals surface area contributed by atoms with Crippen molar-refractivity contribution in [1.29, 1.82) is 0 Å². The second-order valence-corrected chi connectivity index (χ2v) is 2.42. The lowest BCUT2D eigenvalue weighted by atomic mass is 10.1. The van der Waals surface area contributed by atoms with Gasteiger partial charge in [0.25, 0.3) is 0 Å². The molecule has 0 aromatic rings. The summed E-state index contributed by atoms with van der Waals surface area (Å²) in [4.78, 5) is 10.4. The van der Waals surface area contributed by atoms with Crippen LogP contribution in [0, 0.1) is 0 Å². The summed E-state index contributed by atoms with van der Waals surface area (Å²) in [7, 11) is 0. The van der Waals surface area contributed by atoms with Crippen molar-refractivity contribution in [2.75, 3.05) is 6.61 Å². The first-order valence-electron chi connectivity index (χ1n) is 3.01. The van der Waals surface area contributed by atoms with Gasteiger partial charge in [-0.05, 0) is 0 Å². The van der Waals surface area contributed by atoms with E-state index in [1.165, 1.54) is 0 Å². The van der Waals surface area contributed by atoms with Crippen LogP contribution in [-0.2, 0) is 9.53 Å². The van der Waals surface area contributed by atoms with Crippen molar-refractivity contribution in [3.05, 3.63) is 0 Å². The van der Waals surface area contributed by atoms with Crippen LogP contribution in [0.4, 0.5) is 0 Å². The monoisotopic (exact) mass is 163 g/mol. The Morgan fingerprint density at radius 3 is 2.36 bits per heavy atom. The fraction of sp³-hybridized carbons (Fsp3) is 0.800. The van der Waals surface area contributed by atoms with E-state index in [1.54, 1.807) is 0 Å². The van der Waals surface area contributed by atoms with E-state index in [0.29, 0.717) is 0 Å². The van der Waals surface area contributed by atoms with E-state index in [-0.39, 0.29) is 6.61 Å². The molecule has 1 rings (SSSR count). The van der Waals surface area contributed by atoms with Crippen LogP contribution in [0.5, 0.6) is 0 Å². The molecule has 0 amide bonds. The maximum Gasteiger partial charge on any atom is 0.354 e. The minimum atomic E-state index is -2.15. The van der Waals surface area contributed by atoms with Crippen LogP contribution < -0.4 is 5.73 Å². The number of rotatable bonds is 1. The lowest BCUT2D eigenvalue weighted by molar-refractivity contribution is -0.168. The molecule has 64 valence electrons. The average molecular weight is 163 g/mol. The Balaban J connectivity index is 2.81. The molecule has 0 aromatic heterocycles. The number of hydrogen-bond donors (Lipinski definition) is 4. The Morgan fingerprint density at radius 1 is 1.64 bits per heavy atom. The lowest BCUT2D eigenvalue weighted by Crippen LogP contribution is -2.57. The molecule has 11 heavy (non-hydrogen) atoms. The van der Waals surface area contributed by atoms with Gasteiger partial charge in [0, 0.05) is 0 Å². The van der Waals surface area contributed by atoms with Crippen molar-refractivity contribution in [2.45, 2.75) is 17.9 Å². The van der Waals surface area contributed by atoms with Crippen LogP contribution in [0.25, 0.3) is 0 Å². The summed E-state index contributed by atoms with van der Waals surface area (Å²) in [5.74, 6) is -1.48. The highest BCUT2D eigenvalue weighted by Gasteiger charge is 2.52. The zero-order valence-electron chi connectivity index (χ0n) is 5.60. The van der Waals surface area contributed by atoms with E-state index in [4.69, 9.17) is 21.1 Å². The molecular formula is C5H9NO5. The van der Waals surface area contributed by atoms with Crippen LogP contribution >= 0.6 is 0 Å². The molecule has 0 saturated carbocycles. The Labute approximate surface area is 62.2 Å². The number of aliphatic hydroxyl groups is 2. The maximum absolute atomic E-state index is 10.4. The maximum atomic E-state index is 10.4. The van der Waals surface area contributed by atoms with E-state index in [1.807, 2.05) is 0 Å². The van der Waals surface area contributed by atoms with Crippen molar-refractivity contribution < 1.29 is 24.9 Å². The molecule has 6 nitrogen and oxygen atoms in total. The van der Waals surface area contributed by atoms with Gasteiger partial charge >= 0.3 is 5.97 Å². The second kappa shape index (κ2) is 2.42. The predicted molar refractivity (Wildman–Crippen MR) is 32.5 cm³/mol. The minimum absolute atomic E-state index is 0.260. The number of aliphatic carboxylic acids is 1. The molecule has 0 radical (unpaired) electrons. The first-order valence-corrected chi connectivity index (χ1v) is 3.01. The van der Waals surface area contributed by atoms with Crippen molar-refractivity contribution in [3.63, 3.8) is 0 Å². The number of carboxylic acid groups (broad SMARTS) is 1. The average Bonchev–Trinajstić information content (AvgIpc) is 2.18. The van der Waals surface area contributed by atoms with Gasteiger partial charge < -0.3 is 20.1 Å². The molecule has 6 heteroatoms. The van der Waals surface area contributed by atoms with E-state index in [2.05, 4.69) is 4.74 Å². The number of ether oxygens (including phenoxy) is 1. The van der Waals surface area contributed by atoms with Gasteiger partial charge in [-0.2, -0.15) is 0 Å². The fourth-order valence-corrected chi connectivity index (χ4v) is 0.874. The first-order chi connectivity index (χ1) is 4.98. The molecule has 3 atom stereocenters. The van der Waals surface area contributed by atoms with Gasteiger partial charge in [0.05, 0.1) is 6.61 Å².